The molecule has 5 nitrogen and oxygen atoms in total. The molecule has 7 heteroatoms. The Morgan fingerprint density at radius 3 is 2.69 bits per heavy atom. The molecule has 1 aromatic heterocycles. The number of benzene rings is 1. The standard InChI is InChI=1S/C22H30F2N4O/c1-14(2)28-9-5-16(6-10-28)26-17-3-4-18-15(11-17)12-19(27-18)21(29)20-13-22(23,24)7-8-25-20/h3-4,11-12,14,16,20,25-27H,5-10,13H2,1-2H3. The Labute approximate surface area is 170 Å². The second kappa shape index (κ2) is 8.03. The van der Waals surface area contributed by atoms with Crippen LogP contribution >= 0.6 is 0 Å². The van der Waals surface area contributed by atoms with Crippen molar-refractivity contribution in [3.8, 4) is 0 Å². The van der Waals surface area contributed by atoms with Crippen LogP contribution in [0.4, 0.5) is 14.5 Å². The molecule has 29 heavy (non-hydrogen) atoms. The SMILES string of the molecule is CC(C)N1CCC(Nc2ccc3[nH]c(C(=O)C4CC(F)(F)CCN4)cc3c2)CC1. The fourth-order valence-electron chi connectivity index (χ4n) is 4.43. The van der Waals surface area contributed by atoms with Crippen LogP contribution < -0.4 is 10.6 Å². The molecule has 1 unspecified atom stereocenters. The van der Waals surface area contributed by atoms with E-state index < -0.39 is 18.4 Å². The van der Waals surface area contributed by atoms with Crippen LogP contribution in [-0.4, -0.2) is 59.3 Å². The number of fused-ring (bicyclic) bond motifs is 1. The van der Waals surface area contributed by atoms with Gasteiger partial charge >= 0.3 is 0 Å². The van der Waals surface area contributed by atoms with E-state index in [1.807, 2.05) is 18.2 Å². The Morgan fingerprint density at radius 1 is 1.24 bits per heavy atom. The normalized spacial score (nSPS) is 23.6. The van der Waals surface area contributed by atoms with Gasteiger partial charge in [-0.3, -0.25) is 4.79 Å². The Bertz CT molecular complexity index is 871. The summed E-state index contributed by atoms with van der Waals surface area (Å²) in [5.74, 6) is -3.07. The van der Waals surface area contributed by atoms with Gasteiger partial charge in [-0.25, -0.2) is 8.78 Å². The Balaban J connectivity index is 1.43. The third-order valence-corrected chi connectivity index (χ3v) is 6.22. The number of halogens is 2. The average Bonchev–Trinajstić information content (AvgIpc) is 3.10. The van der Waals surface area contributed by atoms with Gasteiger partial charge in [-0.15, -0.1) is 0 Å². The molecule has 2 saturated heterocycles. The average molecular weight is 405 g/mol. The number of ketones is 1. The summed E-state index contributed by atoms with van der Waals surface area (Å²) in [4.78, 5) is 18.3. The molecule has 3 heterocycles. The van der Waals surface area contributed by atoms with E-state index in [1.54, 1.807) is 6.07 Å². The van der Waals surface area contributed by atoms with Crippen LogP contribution in [0.5, 0.6) is 0 Å². The zero-order valence-electron chi connectivity index (χ0n) is 17.1. The fourth-order valence-corrected chi connectivity index (χ4v) is 4.43. The van der Waals surface area contributed by atoms with Gasteiger partial charge in [0.05, 0.1) is 11.7 Å². The summed E-state index contributed by atoms with van der Waals surface area (Å²) in [6, 6.07) is 7.95. The summed E-state index contributed by atoms with van der Waals surface area (Å²) in [6.45, 7) is 6.82. The highest BCUT2D eigenvalue weighted by molar-refractivity contribution is 6.03. The summed E-state index contributed by atoms with van der Waals surface area (Å²) in [7, 11) is 0. The summed E-state index contributed by atoms with van der Waals surface area (Å²) in [5, 5.41) is 7.45. The lowest BCUT2D eigenvalue weighted by Gasteiger charge is -2.35. The summed E-state index contributed by atoms with van der Waals surface area (Å²) < 4.78 is 27.3. The number of nitrogens with zero attached hydrogens (tertiary/aromatic N) is 1. The van der Waals surface area contributed by atoms with E-state index in [0.717, 1.165) is 42.5 Å². The van der Waals surface area contributed by atoms with Gasteiger partial charge in [0.15, 0.2) is 5.78 Å². The number of anilines is 1. The number of hydrogen-bond acceptors (Lipinski definition) is 4. The molecule has 158 valence electrons. The fraction of sp³-hybridized carbons (Fsp3) is 0.591. The smallest absolute Gasteiger partial charge is 0.251 e. The van der Waals surface area contributed by atoms with Gasteiger partial charge in [-0.05, 0) is 51.0 Å². The molecular formula is C22H30F2N4O. The highest BCUT2D eigenvalue weighted by atomic mass is 19.3. The minimum Gasteiger partial charge on any atom is -0.382 e. The van der Waals surface area contributed by atoms with Crippen LogP contribution in [0, 0.1) is 0 Å². The lowest BCUT2D eigenvalue weighted by Crippen LogP contribution is -2.48. The number of alkyl halides is 2. The first-order valence-electron chi connectivity index (χ1n) is 10.6. The van der Waals surface area contributed by atoms with Crippen LogP contribution in [0.1, 0.15) is 50.0 Å². The number of likely N-dealkylation sites (tertiary alicyclic amines) is 1. The Morgan fingerprint density at radius 2 is 2.00 bits per heavy atom. The Kier molecular flexibility index (Phi) is 5.62. The topological polar surface area (TPSA) is 60.2 Å². The molecule has 1 aromatic carbocycles. The van der Waals surface area contributed by atoms with Gasteiger partial charge in [-0.2, -0.15) is 0 Å². The summed E-state index contributed by atoms with van der Waals surface area (Å²) >= 11 is 0. The maximum absolute atomic E-state index is 13.7. The van der Waals surface area contributed by atoms with Crippen molar-refractivity contribution in [3.05, 3.63) is 30.0 Å². The second-order valence-electron chi connectivity index (χ2n) is 8.71. The van der Waals surface area contributed by atoms with Crippen molar-refractivity contribution in [2.45, 2.75) is 63.6 Å². The molecule has 2 aliphatic rings. The quantitative estimate of drug-likeness (QED) is 0.659. The van der Waals surface area contributed by atoms with Crippen molar-refractivity contribution >= 4 is 22.4 Å². The van der Waals surface area contributed by atoms with Crippen molar-refractivity contribution < 1.29 is 13.6 Å². The predicted octanol–water partition coefficient (Wildman–Crippen LogP) is 4.02. The minimum absolute atomic E-state index is 0.160. The lowest BCUT2D eigenvalue weighted by molar-refractivity contribution is -0.0378. The monoisotopic (exact) mass is 404 g/mol. The highest BCUT2D eigenvalue weighted by Gasteiger charge is 2.39. The molecule has 2 fully saturated rings. The van der Waals surface area contributed by atoms with Gasteiger partial charge in [-0.1, -0.05) is 0 Å². The Hall–Kier alpha value is -1.99. The van der Waals surface area contributed by atoms with E-state index in [0.29, 0.717) is 17.8 Å². The summed E-state index contributed by atoms with van der Waals surface area (Å²) in [6.07, 6.45) is 1.56. The first-order valence-corrected chi connectivity index (χ1v) is 10.6. The maximum Gasteiger partial charge on any atom is 0.251 e. The predicted molar refractivity (Wildman–Crippen MR) is 112 cm³/mol. The van der Waals surface area contributed by atoms with Crippen LogP contribution in [0.2, 0.25) is 0 Å². The van der Waals surface area contributed by atoms with Crippen LogP contribution in [0.3, 0.4) is 0 Å². The number of carbonyl (C=O) groups excluding carboxylic acids is 1. The molecule has 1 atom stereocenters. The van der Waals surface area contributed by atoms with Crippen molar-refractivity contribution in [2.75, 3.05) is 25.0 Å². The largest absolute Gasteiger partial charge is 0.382 e. The summed E-state index contributed by atoms with van der Waals surface area (Å²) in [5.41, 5.74) is 2.26. The highest BCUT2D eigenvalue weighted by Crippen LogP contribution is 2.29. The second-order valence-corrected chi connectivity index (χ2v) is 8.71. The molecule has 3 N–H and O–H groups in total. The number of rotatable bonds is 5. The number of nitrogens with one attached hydrogen (secondary N) is 3. The number of piperidine rings is 2. The van der Waals surface area contributed by atoms with E-state index in [1.165, 1.54) is 0 Å². The van der Waals surface area contributed by atoms with Gasteiger partial charge in [0.25, 0.3) is 5.92 Å². The van der Waals surface area contributed by atoms with Crippen molar-refractivity contribution in [1.29, 1.82) is 0 Å². The van der Waals surface area contributed by atoms with Crippen LogP contribution in [0.25, 0.3) is 10.9 Å². The molecule has 0 bridgehead atoms. The minimum atomic E-state index is -2.78. The van der Waals surface area contributed by atoms with Crippen LogP contribution in [-0.2, 0) is 0 Å². The van der Waals surface area contributed by atoms with E-state index in [9.17, 15) is 13.6 Å². The third-order valence-electron chi connectivity index (χ3n) is 6.22. The van der Waals surface area contributed by atoms with Gasteiger partial charge in [0, 0.05) is 61.1 Å². The molecular weight excluding hydrogens is 374 g/mol. The molecule has 0 spiro atoms. The number of hydrogen-bond donors (Lipinski definition) is 3. The molecule has 0 radical (unpaired) electrons. The van der Waals surface area contributed by atoms with E-state index in [2.05, 4.69) is 34.4 Å². The first kappa shape index (κ1) is 20.3. The zero-order valence-corrected chi connectivity index (χ0v) is 17.1. The number of Topliss-reactive ketones (excluding diaryl/α,β-unsaturated/α-hetero) is 1. The van der Waals surface area contributed by atoms with Crippen molar-refractivity contribution in [1.82, 2.24) is 15.2 Å². The first-order chi connectivity index (χ1) is 13.8. The third kappa shape index (κ3) is 4.61. The number of aromatic amines is 1. The van der Waals surface area contributed by atoms with Gasteiger partial charge < -0.3 is 20.5 Å². The van der Waals surface area contributed by atoms with Gasteiger partial charge in [0.2, 0.25) is 0 Å². The molecule has 0 saturated carbocycles. The lowest BCUT2D eigenvalue weighted by atomic mass is 9.96. The van der Waals surface area contributed by atoms with Crippen molar-refractivity contribution in [2.24, 2.45) is 0 Å². The van der Waals surface area contributed by atoms with E-state index in [-0.39, 0.29) is 18.7 Å². The van der Waals surface area contributed by atoms with Crippen molar-refractivity contribution in [3.63, 3.8) is 0 Å². The van der Waals surface area contributed by atoms with Crippen LogP contribution in [0.15, 0.2) is 24.3 Å². The number of aromatic nitrogens is 1. The van der Waals surface area contributed by atoms with E-state index >= 15 is 0 Å². The number of H-pyrrole nitrogens is 1. The molecule has 0 aliphatic carbocycles. The molecule has 4 rings (SSSR count). The number of carbonyl (C=O) groups is 1. The van der Waals surface area contributed by atoms with Gasteiger partial charge in [0.1, 0.15) is 0 Å². The maximum atomic E-state index is 13.7. The molecule has 2 aliphatic heterocycles. The zero-order chi connectivity index (χ0) is 20.6. The molecule has 0 amide bonds. The molecule has 2 aromatic rings. The van der Waals surface area contributed by atoms with E-state index in [4.69, 9.17) is 0 Å².